The summed E-state index contributed by atoms with van der Waals surface area (Å²) >= 11 is 0. The van der Waals surface area contributed by atoms with Crippen LogP contribution in [0, 0.1) is 0 Å². The van der Waals surface area contributed by atoms with E-state index in [2.05, 4.69) is 5.32 Å². The maximum absolute atomic E-state index is 13.6. The number of hydrogen-bond acceptors (Lipinski definition) is 5. The monoisotopic (exact) mass is 625 g/mol. The largest absolute Gasteiger partial charge is 0.497 e. The first-order valence-electron chi connectivity index (χ1n) is 15.5. The van der Waals surface area contributed by atoms with Crippen molar-refractivity contribution in [3.8, 4) is 16.9 Å². The summed E-state index contributed by atoms with van der Waals surface area (Å²) in [5, 5.41) is 2.85. The third-order valence-electron chi connectivity index (χ3n) is 7.63. The fraction of sp³-hybridized carbons (Fsp3) is 0.150. The van der Waals surface area contributed by atoms with Crippen LogP contribution in [0.1, 0.15) is 32.6 Å². The topological polar surface area (TPSA) is 93.9 Å². The summed E-state index contributed by atoms with van der Waals surface area (Å²) < 4.78 is 11.1. The zero-order chi connectivity index (χ0) is 32.8. The highest BCUT2D eigenvalue weighted by atomic mass is 16.5. The molecule has 5 aromatic carbocycles. The van der Waals surface area contributed by atoms with Gasteiger partial charge in [0.25, 0.3) is 11.8 Å². The number of benzene rings is 5. The molecule has 5 rings (SSSR count). The second-order valence-corrected chi connectivity index (χ2v) is 10.9. The van der Waals surface area contributed by atoms with Gasteiger partial charge in [0, 0.05) is 24.3 Å². The summed E-state index contributed by atoms with van der Waals surface area (Å²) in [6.07, 6.45) is 4.07. The Morgan fingerprint density at radius 3 is 2.04 bits per heavy atom. The van der Waals surface area contributed by atoms with Crippen LogP contribution in [0.15, 0.2) is 127 Å². The smallest absolute Gasteiger partial charge is 0.253 e. The van der Waals surface area contributed by atoms with E-state index >= 15 is 0 Å². The van der Waals surface area contributed by atoms with Crippen LogP contribution in [0.4, 0.5) is 5.69 Å². The van der Waals surface area contributed by atoms with Crippen molar-refractivity contribution >= 4 is 29.7 Å². The maximum Gasteiger partial charge on any atom is 0.253 e. The predicted molar refractivity (Wildman–Crippen MR) is 189 cm³/mol. The minimum Gasteiger partial charge on any atom is -0.497 e. The molecule has 2 amide bonds. The van der Waals surface area contributed by atoms with Gasteiger partial charge in [-0.15, -0.1) is 0 Å². The lowest BCUT2D eigenvalue weighted by Crippen LogP contribution is -2.33. The molecule has 47 heavy (non-hydrogen) atoms. The molecule has 0 radical (unpaired) electrons. The Labute approximate surface area is 276 Å². The molecule has 0 bridgehead atoms. The van der Waals surface area contributed by atoms with Crippen LogP contribution >= 0.6 is 0 Å². The molecule has 3 N–H and O–H groups in total. The zero-order valence-electron chi connectivity index (χ0n) is 26.5. The van der Waals surface area contributed by atoms with Crippen molar-refractivity contribution in [3.05, 3.63) is 155 Å². The molecular formula is C40H39N3O4. The highest BCUT2D eigenvalue weighted by Crippen LogP contribution is 2.26. The Kier molecular flexibility index (Phi) is 11.7. The highest BCUT2D eigenvalue weighted by molar-refractivity contribution is 6.01. The van der Waals surface area contributed by atoms with Crippen molar-refractivity contribution in [2.24, 2.45) is 5.73 Å². The third kappa shape index (κ3) is 9.26. The minimum atomic E-state index is -0.162. The third-order valence-corrected chi connectivity index (χ3v) is 7.63. The number of amides is 2. The maximum atomic E-state index is 13.6. The summed E-state index contributed by atoms with van der Waals surface area (Å²) in [5.74, 6) is 0.507. The Hall–Kier alpha value is -5.50. The van der Waals surface area contributed by atoms with E-state index in [1.165, 1.54) is 0 Å². The van der Waals surface area contributed by atoms with Gasteiger partial charge in [0.1, 0.15) is 12.4 Å². The van der Waals surface area contributed by atoms with E-state index in [0.29, 0.717) is 31.8 Å². The molecule has 238 valence electrons. The summed E-state index contributed by atoms with van der Waals surface area (Å²) in [5.41, 5.74) is 12.7. The Balaban J connectivity index is 1.33. The normalized spacial score (nSPS) is 10.9. The van der Waals surface area contributed by atoms with Crippen LogP contribution in [0.5, 0.6) is 5.75 Å². The first kappa shape index (κ1) is 32.9. The quantitative estimate of drug-likeness (QED) is 0.130. The van der Waals surface area contributed by atoms with Gasteiger partial charge in [-0.05, 0) is 63.7 Å². The van der Waals surface area contributed by atoms with Gasteiger partial charge in [-0.1, -0.05) is 109 Å². The number of methoxy groups -OCH3 is 1. The van der Waals surface area contributed by atoms with Crippen molar-refractivity contribution in [2.75, 3.05) is 31.7 Å². The van der Waals surface area contributed by atoms with E-state index in [1.807, 2.05) is 133 Å². The second kappa shape index (κ2) is 16.7. The number of carbonyl (C=O) groups excluding carboxylic acids is 2. The molecule has 0 spiro atoms. The molecular weight excluding hydrogens is 586 g/mol. The molecule has 0 heterocycles. The summed E-state index contributed by atoms with van der Waals surface area (Å²) in [6.45, 7) is 1.43. The summed E-state index contributed by atoms with van der Waals surface area (Å²) in [6, 6.07) is 41.0. The fourth-order valence-corrected chi connectivity index (χ4v) is 5.09. The molecule has 0 aliphatic rings. The number of nitrogens with zero attached hydrogens (tertiary/aromatic N) is 1. The standard InChI is InChI=1S/C40H39N3O4/c1-46-36-23-17-31(18-24-36)12-11-30-15-21-35(22-16-30)43(39(44)29-47-28-33-7-3-2-4-8-33)27-32-13-19-34(20-14-32)37-9-5-6-10-38(37)40(45)42-26-25-41/h2-24H,25-29,41H2,1H3,(H,42,45)/b12-11+. The van der Waals surface area contributed by atoms with Crippen LogP contribution in [-0.2, 0) is 22.7 Å². The van der Waals surface area contributed by atoms with Crippen LogP contribution in [0.3, 0.4) is 0 Å². The molecule has 0 aliphatic carbocycles. The van der Waals surface area contributed by atoms with Crippen LogP contribution < -0.4 is 20.7 Å². The number of ether oxygens (including phenoxy) is 2. The van der Waals surface area contributed by atoms with E-state index in [1.54, 1.807) is 18.1 Å². The van der Waals surface area contributed by atoms with E-state index in [-0.39, 0.29) is 18.4 Å². The molecule has 0 fully saturated rings. The van der Waals surface area contributed by atoms with Gasteiger partial charge in [-0.25, -0.2) is 0 Å². The van der Waals surface area contributed by atoms with Crippen molar-refractivity contribution in [1.29, 1.82) is 0 Å². The molecule has 0 saturated carbocycles. The van der Waals surface area contributed by atoms with Crippen LogP contribution in [0.2, 0.25) is 0 Å². The van der Waals surface area contributed by atoms with E-state index in [0.717, 1.165) is 44.8 Å². The lowest BCUT2D eigenvalue weighted by atomic mass is 9.98. The van der Waals surface area contributed by atoms with Crippen molar-refractivity contribution in [2.45, 2.75) is 13.2 Å². The van der Waals surface area contributed by atoms with Crippen molar-refractivity contribution < 1.29 is 19.1 Å². The minimum absolute atomic E-state index is 0.0581. The first-order chi connectivity index (χ1) is 23.0. The highest BCUT2D eigenvalue weighted by Gasteiger charge is 2.18. The number of rotatable bonds is 14. The number of anilines is 1. The van der Waals surface area contributed by atoms with Crippen molar-refractivity contribution in [1.82, 2.24) is 5.32 Å². The molecule has 0 unspecified atom stereocenters. The zero-order valence-corrected chi connectivity index (χ0v) is 26.5. The molecule has 7 nitrogen and oxygen atoms in total. The molecule has 0 atom stereocenters. The molecule has 0 aliphatic heterocycles. The molecule has 0 saturated heterocycles. The average molecular weight is 626 g/mol. The summed E-state index contributed by atoms with van der Waals surface area (Å²) in [4.78, 5) is 28.1. The summed E-state index contributed by atoms with van der Waals surface area (Å²) in [7, 11) is 1.65. The number of nitrogens with two attached hydrogens (primary N) is 1. The lowest BCUT2D eigenvalue weighted by molar-refractivity contribution is -0.123. The van der Waals surface area contributed by atoms with E-state index in [9.17, 15) is 9.59 Å². The van der Waals surface area contributed by atoms with Gasteiger partial charge >= 0.3 is 0 Å². The van der Waals surface area contributed by atoms with Gasteiger partial charge < -0.3 is 25.4 Å². The van der Waals surface area contributed by atoms with Gasteiger partial charge in [0.05, 0.1) is 20.3 Å². The van der Waals surface area contributed by atoms with Gasteiger partial charge in [0.15, 0.2) is 0 Å². The SMILES string of the molecule is COc1ccc(/C=C/c2ccc(N(Cc3ccc(-c4ccccc4C(=O)NCCN)cc3)C(=O)COCc3ccccc3)cc2)cc1. The lowest BCUT2D eigenvalue weighted by Gasteiger charge is -2.23. The van der Waals surface area contributed by atoms with Gasteiger partial charge in [0.2, 0.25) is 0 Å². The Morgan fingerprint density at radius 2 is 1.38 bits per heavy atom. The fourth-order valence-electron chi connectivity index (χ4n) is 5.09. The van der Waals surface area contributed by atoms with Crippen molar-refractivity contribution in [3.63, 3.8) is 0 Å². The van der Waals surface area contributed by atoms with Crippen LogP contribution in [-0.4, -0.2) is 38.6 Å². The number of nitrogens with one attached hydrogen (secondary N) is 1. The predicted octanol–water partition coefficient (Wildman–Crippen LogP) is 6.97. The van der Waals surface area contributed by atoms with Crippen LogP contribution in [0.25, 0.3) is 23.3 Å². The van der Waals surface area contributed by atoms with Gasteiger partial charge in [-0.2, -0.15) is 0 Å². The molecule has 5 aromatic rings. The van der Waals surface area contributed by atoms with Gasteiger partial charge in [-0.3, -0.25) is 9.59 Å². The second-order valence-electron chi connectivity index (χ2n) is 10.9. The first-order valence-corrected chi connectivity index (χ1v) is 15.5. The number of carbonyl (C=O) groups is 2. The molecule has 0 aromatic heterocycles. The molecule has 7 heteroatoms. The van der Waals surface area contributed by atoms with E-state index < -0.39 is 0 Å². The Bertz CT molecular complexity index is 1770. The average Bonchev–Trinajstić information content (AvgIpc) is 3.13. The number of hydrogen-bond donors (Lipinski definition) is 2. The van der Waals surface area contributed by atoms with E-state index in [4.69, 9.17) is 15.2 Å². The Morgan fingerprint density at radius 1 is 0.745 bits per heavy atom.